The van der Waals surface area contributed by atoms with Gasteiger partial charge in [-0.25, -0.2) is 4.79 Å². The van der Waals surface area contributed by atoms with Gasteiger partial charge >= 0.3 is 12.1 Å². The molecule has 1 amide bonds. The molecule has 0 aliphatic carbocycles. The summed E-state index contributed by atoms with van der Waals surface area (Å²) in [6.45, 7) is 0.774. The molecule has 0 unspecified atom stereocenters. The number of amides is 1. The molecule has 0 aromatic heterocycles. The number of carboxylic acid groups (broad SMARTS) is 1. The Labute approximate surface area is 150 Å². The highest BCUT2D eigenvalue weighted by Gasteiger charge is 2.40. The molecule has 1 atom stereocenters. The fraction of sp³-hybridized carbons (Fsp3) is 0.500. The molecule has 1 aromatic carbocycles. The first kappa shape index (κ1) is 19.5. The van der Waals surface area contributed by atoms with Gasteiger partial charge in [-0.2, -0.15) is 0 Å². The third-order valence-corrected chi connectivity index (χ3v) is 4.73. The molecule has 1 aliphatic heterocycles. The lowest BCUT2D eigenvalue weighted by molar-refractivity contribution is -0.192. The minimum Gasteiger partial charge on any atom is -0.480 e. The molecule has 138 valence electrons. The van der Waals surface area contributed by atoms with E-state index < -0.39 is 23.9 Å². The first-order chi connectivity index (χ1) is 11.9. The highest BCUT2D eigenvalue weighted by atomic mass is 32.2. The SMILES string of the molecule is CN(CSC[C@H](N)C(=O)O)C(=O)OCC1(c2ccccc2)OCCO1. The van der Waals surface area contributed by atoms with Crippen molar-refractivity contribution in [1.82, 2.24) is 4.90 Å². The summed E-state index contributed by atoms with van der Waals surface area (Å²) in [5, 5.41) is 8.73. The van der Waals surface area contributed by atoms with E-state index in [4.69, 9.17) is 25.1 Å². The summed E-state index contributed by atoms with van der Waals surface area (Å²) in [5.74, 6) is -1.69. The van der Waals surface area contributed by atoms with E-state index in [1.165, 1.54) is 16.7 Å². The van der Waals surface area contributed by atoms with E-state index in [0.717, 1.165) is 5.56 Å². The van der Waals surface area contributed by atoms with E-state index in [9.17, 15) is 9.59 Å². The third kappa shape index (κ3) is 5.33. The Kier molecular flexibility index (Phi) is 7.06. The average Bonchev–Trinajstić information content (AvgIpc) is 3.10. The molecule has 1 fully saturated rings. The summed E-state index contributed by atoms with van der Waals surface area (Å²) in [4.78, 5) is 24.1. The molecule has 1 aromatic rings. The Morgan fingerprint density at radius 1 is 1.36 bits per heavy atom. The second kappa shape index (κ2) is 9.04. The van der Waals surface area contributed by atoms with Gasteiger partial charge in [0.15, 0.2) is 6.61 Å². The minimum atomic E-state index is -1.09. The van der Waals surface area contributed by atoms with Gasteiger partial charge in [0.25, 0.3) is 0 Å². The van der Waals surface area contributed by atoms with Crippen LogP contribution in [0.4, 0.5) is 4.79 Å². The van der Waals surface area contributed by atoms with Gasteiger partial charge in [-0.05, 0) is 0 Å². The number of carboxylic acids is 1. The number of rotatable bonds is 8. The smallest absolute Gasteiger partial charge is 0.410 e. The van der Waals surface area contributed by atoms with Crippen LogP contribution in [0.1, 0.15) is 5.56 Å². The third-order valence-electron chi connectivity index (χ3n) is 3.56. The van der Waals surface area contributed by atoms with E-state index in [1.54, 1.807) is 7.05 Å². The number of ether oxygens (including phenoxy) is 3. The lowest BCUT2D eigenvalue weighted by Crippen LogP contribution is -2.37. The molecule has 9 heteroatoms. The monoisotopic (exact) mass is 370 g/mol. The van der Waals surface area contributed by atoms with E-state index in [2.05, 4.69) is 0 Å². The topological polar surface area (TPSA) is 111 Å². The van der Waals surface area contributed by atoms with Crippen LogP contribution < -0.4 is 5.73 Å². The van der Waals surface area contributed by atoms with Crippen LogP contribution in [0.2, 0.25) is 0 Å². The van der Waals surface area contributed by atoms with E-state index in [0.29, 0.717) is 13.2 Å². The zero-order valence-corrected chi connectivity index (χ0v) is 14.7. The lowest BCUT2D eigenvalue weighted by atomic mass is 10.1. The van der Waals surface area contributed by atoms with Gasteiger partial charge in [0.2, 0.25) is 5.79 Å². The largest absolute Gasteiger partial charge is 0.480 e. The summed E-state index contributed by atoms with van der Waals surface area (Å²) in [6, 6.07) is 8.34. The summed E-state index contributed by atoms with van der Waals surface area (Å²) in [5.41, 5.74) is 6.20. The van der Waals surface area contributed by atoms with Gasteiger partial charge in [0.1, 0.15) is 6.04 Å². The minimum absolute atomic E-state index is 0.0699. The van der Waals surface area contributed by atoms with Gasteiger partial charge in [0.05, 0.1) is 19.1 Å². The Balaban J connectivity index is 1.84. The van der Waals surface area contributed by atoms with Crippen LogP contribution in [0, 0.1) is 0 Å². The predicted molar refractivity (Wildman–Crippen MR) is 92.1 cm³/mol. The summed E-state index contributed by atoms with van der Waals surface area (Å²) < 4.78 is 16.7. The van der Waals surface area contributed by atoms with Crippen molar-refractivity contribution in [3.8, 4) is 0 Å². The van der Waals surface area contributed by atoms with E-state index >= 15 is 0 Å². The molecular weight excluding hydrogens is 348 g/mol. The van der Waals surface area contributed by atoms with Gasteiger partial charge in [0, 0.05) is 18.4 Å². The molecular formula is C16H22N2O6S. The number of hydrogen-bond donors (Lipinski definition) is 2. The van der Waals surface area contributed by atoms with Gasteiger partial charge < -0.3 is 30.0 Å². The molecule has 2 rings (SSSR count). The zero-order chi connectivity index (χ0) is 18.3. The van der Waals surface area contributed by atoms with Crippen LogP contribution >= 0.6 is 11.8 Å². The molecule has 3 N–H and O–H groups in total. The number of carbonyl (C=O) groups is 2. The molecule has 0 spiro atoms. The number of hydrogen-bond acceptors (Lipinski definition) is 7. The number of carbonyl (C=O) groups excluding carboxylic acids is 1. The lowest BCUT2D eigenvalue weighted by Gasteiger charge is -2.28. The van der Waals surface area contributed by atoms with Crippen molar-refractivity contribution in [2.75, 3.05) is 38.5 Å². The van der Waals surface area contributed by atoms with Crippen LogP contribution in [0.5, 0.6) is 0 Å². The van der Waals surface area contributed by atoms with Crippen molar-refractivity contribution in [1.29, 1.82) is 0 Å². The maximum absolute atomic E-state index is 12.1. The van der Waals surface area contributed by atoms with Crippen molar-refractivity contribution < 1.29 is 28.9 Å². The predicted octanol–water partition coefficient (Wildman–Crippen LogP) is 1.06. The van der Waals surface area contributed by atoms with Gasteiger partial charge in [-0.1, -0.05) is 30.3 Å². The van der Waals surface area contributed by atoms with Gasteiger partial charge in [-0.15, -0.1) is 11.8 Å². The quantitative estimate of drug-likeness (QED) is 0.654. The van der Waals surface area contributed by atoms with Crippen molar-refractivity contribution in [3.63, 3.8) is 0 Å². The Morgan fingerprint density at radius 3 is 2.60 bits per heavy atom. The molecule has 25 heavy (non-hydrogen) atoms. The van der Waals surface area contributed by atoms with Crippen LogP contribution in [0.3, 0.4) is 0 Å². The molecule has 0 saturated carbocycles. The standard InChI is InChI=1S/C16H22N2O6S/c1-18(11-25-9-13(17)14(19)20)15(21)22-10-16(23-7-8-24-16)12-5-3-2-4-6-12/h2-6,13H,7-11,17H2,1H3,(H,19,20)/t13-/m0/s1. The van der Waals surface area contributed by atoms with Crippen molar-refractivity contribution in [2.24, 2.45) is 5.73 Å². The summed E-state index contributed by atoms with van der Waals surface area (Å²) in [7, 11) is 1.56. The fourth-order valence-electron chi connectivity index (χ4n) is 2.19. The fourth-order valence-corrected chi connectivity index (χ4v) is 3.07. The first-order valence-corrected chi connectivity index (χ1v) is 8.87. The van der Waals surface area contributed by atoms with Crippen LogP contribution in [-0.4, -0.2) is 66.6 Å². The Morgan fingerprint density at radius 2 is 2.00 bits per heavy atom. The molecule has 0 radical (unpaired) electrons. The Bertz CT molecular complexity index is 579. The van der Waals surface area contributed by atoms with Gasteiger partial charge in [-0.3, -0.25) is 4.79 Å². The zero-order valence-electron chi connectivity index (χ0n) is 13.9. The second-order valence-electron chi connectivity index (χ2n) is 5.51. The maximum Gasteiger partial charge on any atom is 0.410 e. The van der Waals surface area contributed by atoms with Crippen LogP contribution in [0.15, 0.2) is 30.3 Å². The van der Waals surface area contributed by atoms with Crippen molar-refractivity contribution >= 4 is 23.8 Å². The first-order valence-electron chi connectivity index (χ1n) is 7.72. The number of thioether (sulfide) groups is 1. The van der Waals surface area contributed by atoms with E-state index in [-0.39, 0.29) is 18.2 Å². The molecule has 0 bridgehead atoms. The number of nitrogens with zero attached hydrogens (tertiary/aromatic N) is 1. The number of nitrogens with two attached hydrogens (primary N) is 1. The number of aliphatic carboxylic acids is 1. The van der Waals surface area contributed by atoms with Crippen molar-refractivity contribution in [2.45, 2.75) is 11.8 Å². The molecule has 1 aliphatic rings. The highest BCUT2D eigenvalue weighted by Crippen LogP contribution is 2.31. The molecule has 1 heterocycles. The molecule has 8 nitrogen and oxygen atoms in total. The maximum atomic E-state index is 12.1. The van der Waals surface area contributed by atoms with Crippen molar-refractivity contribution in [3.05, 3.63) is 35.9 Å². The second-order valence-corrected chi connectivity index (χ2v) is 6.51. The summed E-state index contributed by atoms with van der Waals surface area (Å²) >= 11 is 1.24. The van der Waals surface area contributed by atoms with Crippen LogP contribution in [-0.2, 0) is 24.8 Å². The normalized spacial score (nSPS) is 17.0. The summed E-state index contributed by atoms with van der Waals surface area (Å²) in [6.07, 6.45) is -0.550. The number of benzene rings is 1. The van der Waals surface area contributed by atoms with Crippen LogP contribution in [0.25, 0.3) is 0 Å². The Hall–Kier alpha value is -1.81. The van der Waals surface area contributed by atoms with E-state index in [1.807, 2.05) is 30.3 Å². The molecule has 1 saturated heterocycles. The highest BCUT2D eigenvalue weighted by molar-refractivity contribution is 7.99. The average molecular weight is 370 g/mol.